The first-order valence-electron chi connectivity index (χ1n) is 6.89. The van der Waals surface area contributed by atoms with Gasteiger partial charge in [0.1, 0.15) is 11.5 Å². The molecule has 0 saturated carbocycles. The molecule has 0 bridgehead atoms. The lowest BCUT2D eigenvalue weighted by Crippen LogP contribution is -2.39. The Morgan fingerprint density at radius 3 is 2.74 bits per heavy atom. The van der Waals surface area contributed by atoms with Gasteiger partial charge >= 0.3 is 0 Å². The van der Waals surface area contributed by atoms with Gasteiger partial charge in [-0.05, 0) is 38.0 Å². The van der Waals surface area contributed by atoms with Crippen LogP contribution >= 0.6 is 0 Å². The van der Waals surface area contributed by atoms with Crippen LogP contribution in [0.15, 0.2) is 24.3 Å². The monoisotopic (exact) mass is 261 g/mol. The molecule has 0 aromatic heterocycles. The van der Waals surface area contributed by atoms with E-state index < -0.39 is 0 Å². The number of hydrogen-bond acceptors (Lipinski definition) is 3. The first kappa shape index (κ1) is 13.9. The van der Waals surface area contributed by atoms with Crippen LogP contribution in [0.3, 0.4) is 0 Å². The number of nitrogens with one attached hydrogen (secondary N) is 1. The SMILES string of the molecule is COc1ccc(OC)c(/C=C/C2CCCC(C)N2)c1. The molecule has 0 radical (unpaired) electrons. The summed E-state index contributed by atoms with van der Waals surface area (Å²) in [7, 11) is 3.37. The summed E-state index contributed by atoms with van der Waals surface area (Å²) in [6, 6.07) is 6.92. The van der Waals surface area contributed by atoms with Gasteiger partial charge in [0.15, 0.2) is 0 Å². The predicted octanol–water partition coefficient (Wildman–Crippen LogP) is 3.25. The molecule has 104 valence electrons. The van der Waals surface area contributed by atoms with Gasteiger partial charge in [0, 0.05) is 17.6 Å². The Kier molecular flexibility index (Phi) is 4.86. The highest BCUT2D eigenvalue weighted by Crippen LogP contribution is 2.25. The van der Waals surface area contributed by atoms with E-state index in [1.165, 1.54) is 19.3 Å². The quantitative estimate of drug-likeness (QED) is 0.902. The van der Waals surface area contributed by atoms with Crippen molar-refractivity contribution in [3.63, 3.8) is 0 Å². The highest BCUT2D eigenvalue weighted by atomic mass is 16.5. The summed E-state index contributed by atoms with van der Waals surface area (Å²) in [5.41, 5.74) is 1.06. The van der Waals surface area contributed by atoms with Crippen molar-refractivity contribution >= 4 is 6.08 Å². The summed E-state index contributed by atoms with van der Waals surface area (Å²) >= 11 is 0. The standard InChI is InChI=1S/C16H23NO2/c1-12-5-4-6-14(17-12)8-7-13-11-15(18-2)9-10-16(13)19-3/h7-12,14,17H,4-6H2,1-3H3/b8-7+. The van der Waals surface area contributed by atoms with Gasteiger partial charge in [-0.3, -0.25) is 0 Å². The van der Waals surface area contributed by atoms with Crippen LogP contribution in [-0.2, 0) is 0 Å². The molecule has 3 nitrogen and oxygen atoms in total. The van der Waals surface area contributed by atoms with Gasteiger partial charge in [-0.15, -0.1) is 0 Å². The lowest BCUT2D eigenvalue weighted by atomic mass is 9.98. The normalized spacial score (nSPS) is 23.5. The molecule has 1 heterocycles. The zero-order valence-corrected chi connectivity index (χ0v) is 12.0. The van der Waals surface area contributed by atoms with Gasteiger partial charge in [-0.1, -0.05) is 18.6 Å². The lowest BCUT2D eigenvalue weighted by molar-refractivity contribution is 0.375. The van der Waals surface area contributed by atoms with E-state index in [0.29, 0.717) is 12.1 Å². The molecule has 1 aromatic carbocycles. The Morgan fingerprint density at radius 1 is 1.21 bits per heavy atom. The topological polar surface area (TPSA) is 30.5 Å². The molecule has 0 aliphatic carbocycles. The first-order valence-corrected chi connectivity index (χ1v) is 6.89. The molecular formula is C16H23NO2. The lowest BCUT2D eigenvalue weighted by Gasteiger charge is -2.26. The van der Waals surface area contributed by atoms with Crippen LogP contribution in [0.1, 0.15) is 31.7 Å². The summed E-state index contributed by atoms with van der Waals surface area (Å²) in [5.74, 6) is 1.73. The van der Waals surface area contributed by atoms with Crippen LogP contribution in [0.4, 0.5) is 0 Å². The van der Waals surface area contributed by atoms with Crippen LogP contribution in [-0.4, -0.2) is 26.3 Å². The number of piperidine rings is 1. The second-order valence-electron chi connectivity index (χ2n) is 5.07. The second kappa shape index (κ2) is 6.62. The molecule has 0 amide bonds. The van der Waals surface area contributed by atoms with Crippen molar-refractivity contribution in [1.29, 1.82) is 0 Å². The van der Waals surface area contributed by atoms with Gasteiger partial charge < -0.3 is 14.8 Å². The summed E-state index contributed by atoms with van der Waals surface area (Å²) in [6.45, 7) is 2.24. The molecule has 2 rings (SSSR count). The maximum atomic E-state index is 5.38. The molecule has 1 aromatic rings. The third kappa shape index (κ3) is 3.74. The van der Waals surface area contributed by atoms with E-state index in [9.17, 15) is 0 Å². The molecule has 2 atom stereocenters. The largest absolute Gasteiger partial charge is 0.497 e. The fourth-order valence-electron chi connectivity index (χ4n) is 2.52. The van der Waals surface area contributed by atoms with E-state index in [4.69, 9.17) is 9.47 Å². The van der Waals surface area contributed by atoms with Gasteiger partial charge in [0.2, 0.25) is 0 Å². The molecule has 2 unspecified atom stereocenters. The van der Waals surface area contributed by atoms with Crippen molar-refractivity contribution < 1.29 is 9.47 Å². The summed E-state index contributed by atoms with van der Waals surface area (Å²) in [5, 5.41) is 3.59. The van der Waals surface area contributed by atoms with E-state index in [1.54, 1.807) is 14.2 Å². The van der Waals surface area contributed by atoms with Crippen LogP contribution in [0.25, 0.3) is 6.08 Å². The van der Waals surface area contributed by atoms with Crippen LogP contribution < -0.4 is 14.8 Å². The smallest absolute Gasteiger partial charge is 0.126 e. The number of ether oxygens (including phenoxy) is 2. The van der Waals surface area contributed by atoms with Crippen molar-refractivity contribution in [3.8, 4) is 11.5 Å². The fourth-order valence-corrected chi connectivity index (χ4v) is 2.52. The van der Waals surface area contributed by atoms with E-state index in [2.05, 4.69) is 24.4 Å². The van der Waals surface area contributed by atoms with Gasteiger partial charge in [-0.25, -0.2) is 0 Å². The highest BCUT2D eigenvalue weighted by Gasteiger charge is 2.15. The van der Waals surface area contributed by atoms with Crippen LogP contribution in [0, 0.1) is 0 Å². The van der Waals surface area contributed by atoms with Crippen molar-refractivity contribution in [2.45, 2.75) is 38.3 Å². The molecule has 0 spiro atoms. The highest BCUT2D eigenvalue weighted by molar-refractivity contribution is 5.60. The number of benzene rings is 1. The molecule has 1 N–H and O–H groups in total. The Morgan fingerprint density at radius 2 is 2.05 bits per heavy atom. The molecular weight excluding hydrogens is 238 g/mol. The third-order valence-electron chi connectivity index (χ3n) is 3.60. The number of hydrogen-bond donors (Lipinski definition) is 1. The van der Waals surface area contributed by atoms with Crippen molar-refractivity contribution in [1.82, 2.24) is 5.32 Å². The van der Waals surface area contributed by atoms with Gasteiger partial charge in [0.05, 0.1) is 14.2 Å². The zero-order valence-electron chi connectivity index (χ0n) is 12.0. The van der Waals surface area contributed by atoms with E-state index in [0.717, 1.165) is 17.1 Å². The molecule has 1 aliphatic rings. The second-order valence-corrected chi connectivity index (χ2v) is 5.07. The average Bonchev–Trinajstić information content (AvgIpc) is 2.45. The summed E-state index contributed by atoms with van der Waals surface area (Å²) in [4.78, 5) is 0. The zero-order chi connectivity index (χ0) is 13.7. The Bertz CT molecular complexity index is 442. The Balaban J connectivity index is 2.12. The summed E-state index contributed by atoms with van der Waals surface area (Å²) in [6.07, 6.45) is 8.11. The maximum Gasteiger partial charge on any atom is 0.126 e. The minimum absolute atomic E-state index is 0.458. The Labute approximate surface area is 115 Å². The minimum atomic E-state index is 0.458. The maximum absolute atomic E-state index is 5.38. The molecule has 1 aliphatic heterocycles. The molecule has 19 heavy (non-hydrogen) atoms. The fraction of sp³-hybridized carbons (Fsp3) is 0.500. The minimum Gasteiger partial charge on any atom is -0.497 e. The first-order chi connectivity index (χ1) is 9.22. The van der Waals surface area contributed by atoms with Crippen molar-refractivity contribution in [3.05, 3.63) is 29.8 Å². The number of methoxy groups -OCH3 is 2. The molecule has 1 saturated heterocycles. The average molecular weight is 261 g/mol. The predicted molar refractivity (Wildman–Crippen MR) is 78.8 cm³/mol. The van der Waals surface area contributed by atoms with E-state index in [-0.39, 0.29) is 0 Å². The molecule has 3 heteroatoms. The van der Waals surface area contributed by atoms with E-state index in [1.807, 2.05) is 18.2 Å². The van der Waals surface area contributed by atoms with Crippen molar-refractivity contribution in [2.24, 2.45) is 0 Å². The van der Waals surface area contributed by atoms with E-state index >= 15 is 0 Å². The number of rotatable bonds is 4. The van der Waals surface area contributed by atoms with Gasteiger partial charge in [0.25, 0.3) is 0 Å². The van der Waals surface area contributed by atoms with Crippen LogP contribution in [0.2, 0.25) is 0 Å². The van der Waals surface area contributed by atoms with Crippen LogP contribution in [0.5, 0.6) is 11.5 Å². The third-order valence-corrected chi connectivity index (χ3v) is 3.60. The van der Waals surface area contributed by atoms with Crippen molar-refractivity contribution in [2.75, 3.05) is 14.2 Å². The van der Waals surface area contributed by atoms with Gasteiger partial charge in [-0.2, -0.15) is 0 Å². The molecule has 1 fully saturated rings. The summed E-state index contributed by atoms with van der Waals surface area (Å²) < 4.78 is 10.6. The Hall–Kier alpha value is -1.48.